The minimum absolute atomic E-state index is 0.102. The molecule has 3 rings (SSSR count). The van der Waals surface area contributed by atoms with Crippen molar-refractivity contribution in [3.8, 4) is 29.3 Å². The lowest BCUT2D eigenvalue weighted by molar-refractivity contribution is 0.355. The molecule has 0 unspecified atom stereocenters. The number of rotatable bonds is 5. The van der Waals surface area contributed by atoms with Gasteiger partial charge in [0.25, 0.3) is 5.56 Å². The molecule has 150 valence electrons. The van der Waals surface area contributed by atoms with Gasteiger partial charge in [-0.1, -0.05) is 31.2 Å². The average Bonchev–Trinajstić information content (AvgIpc) is 3.09. The van der Waals surface area contributed by atoms with Crippen LogP contribution in [0.25, 0.3) is 17.3 Å². The first-order valence-electron chi connectivity index (χ1n) is 9.16. The number of para-hydroxylation sites is 1. The monoisotopic (exact) mass is 417 g/mol. The Morgan fingerprint density at radius 3 is 2.43 bits per heavy atom. The first-order chi connectivity index (χ1) is 14.6. The Kier molecular flexibility index (Phi) is 6.36. The summed E-state index contributed by atoms with van der Waals surface area (Å²) >= 11 is 1.12. The molecule has 0 aliphatic rings. The molecule has 0 aliphatic carbocycles. The Morgan fingerprint density at radius 2 is 1.80 bits per heavy atom. The second-order valence-electron chi connectivity index (χ2n) is 6.25. The topological polar surface area (TPSA) is 88.0 Å². The van der Waals surface area contributed by atoms with Crippen molar-refractivity contribution in [1.29, 1.82) is 10.5 Å². The van der Waals surface area contributed by atoms with E-state index in [1.54, 1.807) is 32.4 Å². The molecule has 1 heterocycles. The molecule has 0 saturated carbocycles. The first-order valence-corrected chi connectivity index (χ1v) is 9.98. The highest BCUT2D eigenvalue weighted by molar-refractivity contribution is 7.07. The molecular formula is C23H19N3O3S. The number of aryl methyl sites for hydroxylation is 1. The van der Waals surface area contributed by atoms with E-state index >= 15 is 0 Å². The summed E-state index contributed by atoms with van der Waals surface area (Å²) in [5, 5.41) is 18.9. The fourth-order valence-corrected chi connectivity index (χ4v) is 4.16. The van der Waals surface area contributed by atoms with Gasteiger partial charge in [-0.25, -0.2) is 0 Å². The van der Waals surface area contributed by atoms with Gasteiger partial charge >= 0.3 is 0 Å². The zero-order valence-electron chi connectivity index (χ0n) is 16.8. The SMILES string of the molecule is CCc1ccccc1-n1c(=C(C#N)C#N)s/c(=C/c2ccc(OC)c(OC)c2)c1=O. The maximum Gasteiger partial charge on any atom is 0.273 e. The van der Waals surface area contributed by atoms with Gasteiger partial charge in [-0.2, -0.15) is 10.5 Å². The van der Waals surface area contributed by atoms with Gasteiger partial charge in [-0.05, 0) is 41.8 Å². The van der Waals surface area contributed by atoms with Crippen LogP contribution in [0, 0.1) is 22.7 Å². The molecule has 0 fully saturated rings. The fourth-order valence-electron chi connectivity index (χ4n) is 3.11. The minimum Gasteiger partial charge on any atom is -0.493 e. The van der Waals surface area contributed by atoms with Crippen molar-refractivity contribution in [1.82, 2.24) is 4.57 Å². The predicted octanol–water partition coefficient (Wildman–Crippen LogP) is 2.51. The molecular weight excluding hydrogens is 398 g/mol. The lowest BCUT2D eigenvalue weighted by Crippen LogP contribution is -2.31. The molecule has 6 nitrogen and oxygen atoms in total. The van der Waals surface area contributed by atoms with Crippen LogP contribution < -0.4 is 24.2 Å². The van der Waals surface area contributed by atoms with Crippen molar-refractivity contribution in [2.75, 3.05) is 14.2 Å². The highest BCUT2D eigenvalue weighted by Gasteiger charge is 2.14. The van der Waals surface area contributed by atoms with E-state index in [9.17, 15) is 15.3 Å². The van der Waals surface area contributed by atoms with E-state index in [0.29, 0.717) is 32.8 Å². The number of hydrogen-bond donors (Lipinski definition) is 0. The van der Waals surface area contributed by atoms with Gasteiger partial charge in [0.1, 0.15) is 16.8 Å². The fraction of sp³-hybridized carbons (Fsp3) is 0.174. The van der Waals surface area contributed by atoms with Crippen molar-refractivity contribution in [2.45, 2.75) is 13.3 Å². The van der Waals surface area contributed by atoms with Crippen LogP contribution in [0.4, 0.5) is 0 Å². The number of hydrogen-bond acceptors (Lipinski definition) is 6. The summed E-state index contributed by atoms with van der Waals surface area (Å²) in [4.78, 5) is 13.3. The summed E-state index contributed by atoms with van der Waals surface area (Å²) < 4.78 is 12.8. The van der Waals surface area contributed by atoms with Gasteiger partial charge in [0, 0.05) is 0 Å². The number of aromatic nitrogens is 1. The zero-order chi connectivity index (χ0) is 21.7. The van der Waals surface area contributed by atoms with Crippen LogP contribution in [-0.2, 0) is 6.42 Å². The molecule has 0 spiro atoms. The summed E-state index contributed by atoms with van der Waals surface area (Å²) in [6.07, 6.45) is 2.43. The normalized spacial score (nSPS) is 10.9. The van der Waals surface area contributed by atoms with Crippen LogP contribution in [0.3, 0.4) is 0 Å². The second kappa shape index (κ2) is 9.13. The average molecular weight is 417 g/mol. The van der Waals surface area contributed by atoms with Crippen molar-refractivity contribution in [3.05, 3.63) is 73.1 Å². The Labute approximate surface area is 177 Å². The predicted molar refractivity (Wildman–Crippen MR) is 116 cm³/mol. The van der Waals surface area contributed by atoms with E-state index in [0.717, 1.165) is 22.5 Å². The van der Waals surface area contributed by atoms with Gasteiger partial charge in [-0.3, -0.25) is 9.36 Å². The summed E-state index contributed by atoms with van der Waals surface area (Å²) in [5.74, 6) is 1.13. The van der Waals surface area contributed by atoms with E-state index in [1.807, 2.05) is 49.4 Å². The molecule has 0 saturated heterocycles. The Morgan fingerprint density at radius 1 is 1.10 bits per heavy atom. The number of nitrogens with zero attached hydrogens (tertiary/aromatic N) is 3. The molecule has 0 aliphatic heterocycles. The van der Waals surface area contributed by atoms with Crippen LogP contribution in [0.15, 0.2) is 47.3 Å². The molecule has 30 heavy (non-hydrogen) atoms. The molecule has 0 N–H and O–H groups in total. The zero-order valence-corrected chi connectivity index (χ0v) is 17.6. The van der Waals surface area contributed by atoms with E-state index in [1.165, 1.54) is 4.57 Å². The van der Waals surface area contributed by atoms with Gasteiger partial charge in [-0.15, -0.1) is 11.3 Å². The van der Waals surface area contributed by atoms with Crippen LogP contribution in [-0.4, -0.2) is 18.8 Å². The third kappa shape index (κ3) is 3.84. The van der Waals surface area contributed by atoms with Crippen LogP contribution in [0.1, 0.15) is 18.1 Å². The molecule has 2 aromatic carbocycles. The van der Waals surface area contributed by atoms with Crippen molar-refractivity contribution in [2.24, 2.45) is 0 Å². The van der Waals surface area contributed by atoms with Crippen LogP contribution in [0.2, 0.25) is 0 Å². The Hall–Kier alpha value is -3.81. The lowest BCUT2D eigenvalue weighted by atomic mass is 10.1. The van der Waals surface area contributed by atoms with Crippen LogP contribution in [0.5, 0.6) is 11.5 Å². The molecule has 0 amide bonds. The van der Waals surface area contributed by atoms with Crippen molar-refractivity contribution in [3.63, 3.8) is 0 Å². The molecule has 0 bridgehead atoms. The maximum absolute atomic E-state index is 13.3. The molecule has 0 atom stereocenters. The lowest BCUT2D eigenvalue weighted by Gasteiger charge is -2.08. The molecule has 7 heteroatoms. The molecule has 1 aromatic heterocycles. The van der Waals surface area contributed by atoms with Crippen molar-refractivity contribution < 1.29 is 9.47 Å². The smallest absolute Gasteiger partial charge is 0.273 e. The van der Waals surface area contributed by atoms with E-state index in [2.05, 4.69) is 0 Å². The van der Waals surface area contributed by atoms with Gasteiger partial charge < -0.3 is 9.47 Å². The van der Waals surface area contributed by atoms with E-state index < -0.39 is 0 Å². The highest BCUT2D eigenvalue weighted by Crippen LogP contribution is 2.27. The standard InChI is InChI=1S/C23H19N3O3S/c1-4-16-7-5-6-8-18(16)26-22(27)21(30-23(26)17(13-24)14-25)12-15-9-10-19(28-2)20(11-15)29-3/h5-12H,4H2,1-3H3/b21-12+. The number of thiazole rings is 1. The quantitative estimate of drug-likeness (QED) is 0.637. The minimum atomic E-state index is -0.284. The number of ether oxygens (including phenoxy) is 2. The largest absolute Gasteiger partial charge is 0.493 e. The van der Waals surface area contributed by atoms with E-state index in [-0.39, 0.29) is 11.1 Å². The third-order valence-corrected chi connectivity index (χ3v) is 5.67. The number of methoxy groups -OCH3 is 2. The summed E-state index contributed by atoms with van der Waals surface area (Å²) in [5.41, 5.74) is 1.98. The second-order valence-corrected chi connectivity index (χ2v) is 7.28. The number of nitriles is 2. The number of benzene rings is 2. The Bertz CT molecular complexity index is 1340. The van der Waals surface area contributed by atoms with Crippen molar-refractivity contribution >= 4 is 23.0 Å². The van der Waals surface area contributed by atoms with Crippen LogP contribution >= 0.6 is 11.3 Å². The third-order valence-electron chi connectivity index (χ3n) is 4.58. The summed E-state index contributed by atoms with van der Waals surface area (Å²) in [7, 11) is 3.10. The van der Waals surface area contributed by atoms with Gasteiger partial charge in [0.2, 0.25) is 0 Å². The maximum atomic E-state index is 13.3. The first kappa shape index (κ1) is 20.9. The van der Waals surface area contributed by atoms with E-state index in [4.69, 9.17) is 9.47 Å². The molecule has 0 radical (unpaired) electrons. The summed E-state index contributed by atoms with van der Waals surface area (Å²) in [6, 6.07) is 16.6. The summed E-state index contributed by atoms with van der Waals surface area (Å²) in [6.45, 7) is 1.99. The molecule has 3 aromatic rings. The highest BCUT2D eigenvalue weighted by atomic mass is 32.1. The Balaban J connectivity index is 2.37. The van der Waals surface area contributed by atoms with Gasteiger partial charge in [0.05, 0.1) is 24.4 Å². The van der Waals surface area contributed by atoms with Gasteiger partial charge in [0.15, 0.2) is 17.1 Å².